The van der Waals surface area contributed by atoms with Crippen molar-refractivity contribution in [2.75, 3.05) is 6.54 Å². The molecule has 0 aliphatic carbocycles. The van der Waals surface area contributed by atoms with Crippen molar-refractivity contribution in [2.45, 2.75) is 20.4 Å². The van der Waals surface area contributed by atoms with Crippen LogP contribution in [0.3, 0.4) is 0 Å². The summed E-state index contributed by atoms with van der Waals surface area (Å²) in [5, 5.41) is 12.4. The van der Waals surface area contributed by atoms with Crippen molar-refractivity contribution in [3.05, 3.63) is 29.6 Å². The Morgan fingerprint density at radius 1 is 1.53 bits per heavy atom. The highest BCUT2D eigenvalue weighted by atomic mass is 19.1. The number of aromatic hydroxyl groups is 1. The van der Waals surface area contributed by atoms with Gasteiger partial charge in [0.05, 0.1) is 5.41 Å². The summed E-state index contributed by atoms with van der Waals surface area (Å²) in [6, 6.07) is 3.73. The Labute approximate surface area is 99.6 Å². The number of carbonyl (C=O) groups excluding carboxylic acids is 1. The molecule has 0 atom stereocenters. The molecule has 0 heterocycles. The molecule has 0 bridgehead atoms. The molecule has 1 aromatic carbocycles. The second kappa shape index (κ2) is 5.14. The fourth-order valence-electron chi connectivity index (χ4n) is 1.29. The predicted octanol–water partition coefficient (Wildman–Crippen LogP) is 1.13. The van der Waals surface area contributed by atoms with E-state index in [0.29, 0.717) is 12.1 Å². The first-order valence-corrected chi connectivity index (χ1v) is 5.31. The minimum absolute atomic E-state index is 0.0239. The number of carbonyl (C=O) groups is 1. The molecule has 0 unspecified atom stereocenters. The molecule has 4 nitrogen and oxygen atoms in total. The topological polar surface area (TPSA) is 75.3 Å². The Morgan fingerprint density at radius 2 is 2.18 bits per heavy atom. The van der Waals surface area contributed by atoms with Crippen LogP contribution in [0.15, 0.2) is 18.2 Å². The van der Waals surface area contributed by atoms with Gasteiger partial charge in [0.1, 0.15) is 11.6 Å². The van der Waals surface area contributed by atoms with Crippen LogP contribution in [-0.4, -0.2) is 17.6 Å². The Kier molecular flexibility index (Phi) is 4.07. The minimum atomic E-state index is -0.678. The van der Waals surface area contributed by atoms with Crippen LogP contribution in [-0.2, 0) is 11.3 Å². The highest BCUT2D eigenvalue weighted by Crippen LogP contribution is 2.18. The number of phenols is 1. The van der Waals surface area contributed by atoms with Gasteiger partial charge in [-0.2, -0.15) is 0 Å². The highest BCUT2D eigenvalue weighted by molar-refractivity contribution is 5.80. The number of nitrogens with two attached hydrogens (primary N) is 1. The van der Waals surface area contributed by atoms with Crippen LogP contribution in [0, 0.1) is 11.2 Å². The number of amides is 1. The fourth-order valence-corrected chi connectivity index (χ4v) is 1.29. The summed E-state index contributed by atoms with van der Waals surface area (Å²) < 4.78 is 12.9. The average molecular weight is 240 g/mol. The molecule has 0 spiro atoms. The van der Waals surface area contributed by atoms with Crippen LogP contribution in [0.4, 0.5) is 4.39 Å². The van der Waals surface area contributed by atoms with Gasteiger partial charge in [-0.05, 0) is 32.0 Å². The van der Waals surface area contributed by atoms with Crippen molar-refractivity contribution >= 4 is 5.91 Å². The zero-order valence-corrected chi connectivity index (χ0v) is 9.96. The van der Waals surface area contributed by atoms with Crippen LogP contribution >= 0.6 is 0 Å². The van der Waals surface area contributed by atoms with Gasteiger partial charge in [0, 0.05) is 18.7 Å². The summed E-state index contributed by atoms with van der Waals surface area (Å²) in [5.41, 5.74) is 4.99. The Bertz CT molecular complexity index is 419. The van der Waals surface area contributed by atoms with E-state index in [2.05, 4.69) is 5.32 Å². The second-order valence-electron chi connectivity index (χ2n) is 4.62. The van der Waals surface area contributed by atoms with Gasteiger partial charge in [-0.15, -0.1) is 0 Å². The van der Waals surface area contributed by atoms with Gasteiger partial charge in [0.2, 0.25) is 5.91 Å². The molecule has 1 amide bonds. The molecule has 0 radical (unpaired) electrons. The van der Waals surface area contributed by atoms with Gasteiger partial charge in [0.15, 0.2) is 0 Å². The van der Waals surface area contributed by atoms with E-state index in [9.17, 15) is 14.3 Å². The Hall–Kier alpha value is -1.62. The van der Waals surface area contributed by atoms with Crippen LogP contribution in [0.5, 0.6) is 5.75 Å². The highest BCUT2D eigenvalue weighted by Gasteiger charge is 2.24. The molecule has 0 aromatic heterocycles. The minimum Gasteiger partial charge on any atom is -0.508 e. The van der Waals surface area contributed by atoms with Crippen molar-refractivity contribution in [3.8, 4) is 5.75 Å². The third kappa shape index (κ3) is 3.71. The molecule has 94 valence electrons. The number of primary amides is 1. The number of nitrogens with one attached hydrogen (secondary N) is 1. The van der Waals surface area contributed by atoms with Crippen molar-refractivity contribution in [1.29, 1.82) is 0 Å². The maximum Gasteiger partial charge on any atom is 0.224 e. The number of halogens is 1. The van der Waals surface area contributed by atoms with Crippen molar-refractivity contribution in [1.82, 2.24) is 5.32 Å². The molecule has 4 N–H and O–H groups in total. The summed E-state index contributed by atoms with van der Waals surface area (Å²) in [4.78, 5) is 11.1. The normalized spacial score (nSPS) is 11.5. The molecule has 0 aliphatic rings. The summed E-state index contributed by atoms with van der Waals surface area (Å²) in [7, 11) is 0. The van der Waals surface area contributed by atoms with Crippen LogP contribution in [0.2, 0.25) is 0 Å². The van der Waals surface area contributed by atoms with Crippen molar-refractivity contribution < 1.29 is 14.3 Å². The van der Waals surface area contributed by atoms with Gasteiger partial charge in [-0.3, -0.25) is 4.79 Å². The van der Waals surface area contributed by atoms with Crippen molar-refractivity contribution in [3.63, 3.8) is 0 Å². The molecule has 5 heteroatoms. The Balaban J connectivity index is 2.57. The Morgan fingerprint density at radius 3 is 2.76 bits per heavy atom. The van der Waals surface area contributed by atoms with E-state index >= 15 is 0 Å². The third-order valence-electron chi connectivity index (χ3n) is 2.59. The summed E-state index contributed by atoms with van der Waals surface area (Å²) >= 11 is 0. The van der Waals surface area contributed by atoms with E-state index in [4.69, 9.17) is 5.73 Å². The predicted molar refractivity (Wildman–Crippen MR) is 62.7 cm³/mol. The lowest BCUT2D eigenvalue weighted by molar-refractivity contribution is -0.125. The van der Waals surface area contributed by atoms with Crippen LogP contribution < -0.4 is 11.1 Å². The van der Waals surface area contributed by atoms with E-state index in [-0.39, 0.29) is 12.3 Å². The van der Waals surface area contributed by atoms with Crippen molar-refractivity contribution in [2.24, 2.45) is 11.1 Å². The zero-order valence-electron chi connectivity index (χ0n) is 9.96. The molecule has 1 rings (SSSR count). The summed E-state index contributed by atoms with van der Waals surface area (Å²) in [6.45, 7) is 4.07. The molecule has 0 fully saturated rings. The first kappa shape index (κ1) is 13.4. The lowest BCUT2D eigenvalue weighted by atomic mass is 9.93. The van der Waals surface area contributed by atoms with Gasteiger partial charge in [-0.25, -0.2) is 4.39 Å². The van der Waals surface area contributed by atoms with E-state index < -0.39 is 17.1 Å². The molecule has 0 saturated heterocycles. The number of hydrogen-bond donors (Lipinski definition) is 3. The summed E-state index contributed by atoms with van der Waals surface area (Å²) in [5.74, 6) is -0.794. The number of hydrogen-bond acceptors (Lipinski definition) is 3. The number of phenolic OH excluding ortho intramolecular Hbond substituents is 1. The molecule has 0 aliphatic heterocycles. The van der Waals surface area contributed by atoms with Gasteiger partial charge in [-0.1, -0.05) is 0 Å². The van der Waals surface area contributed by atoms with Crippen LogP contribution in [0.1, 0.15) is 19.4 Å². The van der Waals surface area contributed by atoms with Crippen LogP contribution in [0.25, 0.3) is 0 Å². The van der Waals surface area contributed by atoms with E-state index in [0.717, 1.165) is 0 Å². The van der Waals surface area contributed by atoms with E-state index in [1.807, 2.05) is 0 Å². The molecule has 0 saturated carbocycles. The standard InChI is InChI=1S/C12H17FN2O2/c1-12(2,11(14)17)7-15-6-8-5-9(13)3-4-10(8)16/h3-5,15-16H,6-7H2,1-2H3,(H2,14,17). The smallest absolute Gasteiger partial charge is 0.224 e. The second-order valence-corrected chi connectivity index (χ2v) is 4.62. The number of rotatable bonds is 5. The zero-order chi connectivity index (χ0) is 13.1. The molecule has 17 heavy (non-hydrogen) atoms. The lowest BCUT2D eigenvalue weighted by Gasteiger charge is -2.20. The maximum absolute atomic E-state index is 12.9. The molecular formula is C12H17FN2O2. The monoisotopic (exact) mass is 240 g/mol. The quantitative estimate of drug-likeness (QED) is 0.722. The average Bonchev–Trinajstić information content (AvgIpc) is 2.22. The third-order valence-corrected chi connectivity index (χ3v) is 2.59. The van der Waals surface area contributed by atoms with E-state index in [1.165, 1.54) is 18.2 Å². The SMILES string of the molecule is CC(C)(CNCc1cc(F)ccc1O)C(N)=O. The van der Waals surface area contributed by atoms with Gasteiger partial charge < -0.3 is 16.2 Å². The first-order chi connectivity index (χ1) is 7.83. The molecular weight excluding hydrogens is 223 g/mol. The molecule has 1 aromatic rings. The first-order valence-electron chi connectivity index (χ1n) is 5.31. The maximum atomic E-state index is 12.9. The van der Waals surface area contributed by atoms with E-state index in [1.54, 1.807) is 13.8 Å². The largest absolute Gasteiger partial charge is 0.508 e. The van der Waals surface area contributed by atoms with Gasteiger partial charge >= 0.3 is 0 Å². The van der Waals surface area contributed by atoms with Gasteiger partial charge in [0.25, 0.3) is 0 Å². The lowest BCUT2D eigenvalue weighted by Crippen LogP contribution is -2.40. The number of benzene rings is 1. The summed E-state index contributed by atoms with van der Waals surface area (Å²) in [6.07, 6.45) is 0. The fraction of sp³-hybridized carbons (Fsp3) is 0.417.